The van der Waals surface area contributed by atoms with E-state index in [4.69, 9.17) is 4.74 Å². The lowest BCUT2D eigenvalue weighted by Crippen LogP contribution is -2.32. The van der Waals surface area contributed by atoms with Gasteiger partial charge in [-0.05, 0) is 136 Å². The van der Waals surface area contributed by atoms with Crippen molar-refractivity contribution in [3.8, 4) is 56.0 Å². The van der Waals surface area contributed by atoms with Gasteiger partial charge in [-0.1, -0.05) is 226 Å². The van der Waals surface area contributed by atoms with Crippen molar-refractivity contribution in [3.05, 3.63) is 304 Å². The molecular formula is C73H47NO. The first-order valence-corrected chi connectivity index (χ1v) is 26.4. The Bertz CT molecular complexity index is 4380. The summed E-state index contributed by atoms with van der Waals surface area (Å²) in [5.74, 6) is 1.84. The highest BCUT2D eigenvalue weighted by Gasteiger charge is 2.54. The van der Waals surface area contributed by atoms with Crippen LogP contribution < -0.4 is 9.64 Å². The van der Waals surface area contributed by atoms with Crippen molar-refractivity contribution in [2.75, 3.05) is 4.90 Å². The van der Waals surface area contributed by atoms with Crippen molar-refractivity contribution in [1.29, 1.82) is 0 Å². The van der Waals surface area contributed by atoms with E-state index in [-0.39, 0.29) is 5.41 Å². The summed E-state index contributed by atoms with van der Waals surface area (Å²) >= 11 is 0. The molecule has 75 heavy (non-hydrogen) atoms. The molecule has 2 spiro atoms. The maximum atomic E-state index is 7.37. The first-order valence-electron chi connectivity index (χ1n) is 26.4. The van der Waals surface area contributed by atoms with Gasteiger partial charge in [0.2, 0.25) is 0 Å². The van der Waals surface area contributed by atoms with E-state index in [2.05, 4.69) is 267 Å². The summed E-state index contributed by atoms with van der Waals surface area (Å²) in [5.41, 5.74) is 25.2. The van der Waals surface area contributed by atoms with Crippen molar-refractivity contribution in [2.24, 2.45) is 0 Å². The summed E-state index contributed by atoms with van der Waals surface area (Å²) in [6.45, 7) is 4.78. The van der Waals surface area contributed by atoms with Gasteiger partial charge in [-0.25, -0.2) is 0 Å². The molecule has 2 heteroatoms. The molecule has 1 heterocycles. The molecule has 1 aliphatic heterocycles. The van der Waals surface area contributed by atoms with Crippen molar-refractivity contribution in [3.63, 3.8) is 0 Å². The Kier molecular flexibility index (Phi) is 7.97. The fraction of sp³-hybridized carbons (Fsp3) is 0.0685. The van der Waals surface area contributed by atoms with Crippen LogP contribution >= 0.6 is 0 Å². The van der Waals surface area contributed by atoms with Gasteiger partial charge in [0, 0.05) is 44.4 Å². The predicted molar refractivity (Wildman–Crippen MR) is 307 cm³/mol. The first kappa shape index (κ1) is 41.3. The second-order valence-corrected chi connectivity index (χ2v) is 21.8. The lowest BCUT2D eigenvalue weighted by molar-refractivity contribution is 0.447. The fourth-order valence-electron chi connectivity index (χ4n) is 15.0. The van der Waals surface area contributed by atoms with Crippen molar-refractivity contribution in [1.82, 2.24) is 0 Å². The average molecular weight is 954 g/mol. The van der Waals surface area contributed by atoms with Crippen LogP contribution in [0.2, 0.25) is 0 Å². The van der Waals surface area contributed by atoms with Gasteiger partial charge in [-0.2, -0.15) is 0 Å². The van der Waals surface area contributed by atoms with Crippen LogP contribution in [0.1, 0.15) is 69.5 Å². The second-order valence-electron chi connectivity index (χ2n) is 21.8. The zero-order valence-electron chi connectivity index (χ0n) is 41.5. The zero-order chi connectivity index (χ0) is 49.4. The molecule has 0 amide bonds. The van der Waals surface area contributed by atoms with E-state index in [0.29, 0.717) is 0 Å². The van der Waals surface area contributed by atoms with Crippen LogP contribution in [0.25, 0.3) is 66.1 Å². The van der Waals surface area contributed by atoms with Crippen molar-refractivity contribution in [2.45, 2.75) is 30.1 Å². The van der Waals surface area contributed by atoms with E-state index in [1.807, 2.05) is 0 Å². The van der Waals surface area contributed by atoms with Gasteiger partial charge in [-0.3, -0.25) is 0 Å². The number of nitrogens with zero attached hydrogens (tertiary/aromatic N) is 1. The summed E-state index contributed by atoms with van der Waals surface area (Å²) < 4.78 is 7.37. The van der Waals surface area contributed by atoms with E-state index >= 15 is 0 Å². The summed E-state index contributed by atoms with van der Waals surface area (Å²) in [6, 6.07) is 93.9. The summed E-state index contributed by atoms with van der Waals surface area (Å²) in [5, 5.41) is 4.55. The Balaban J connectivity index is 0.950. The molecule has 12 aromatic carbocycles. The number of ether oxygens (including phenoxy) is 1. The number of hydrogen-bond donors (Lipinski definition) is 0. The summed E-state index contributed by atoms with van der Waals surface area (Å²) in [7, 11) is 0. The molecule has 350 valence electrons. The van der Waals surface area contributed by atoms with Crippen LogP contribution in [-0.2, 0) is 16.2 Å². The molecule has 0 unspecified atom stereocenters. The Hall–Kier alpha value is -9.24. The maximum absolute atomic E-state index is 7.37. The smallest absolute Gasteiger partial charge is 0.140 e. The number of benzene rings is 12. The molecule has 4 aliphatic carbocycles. The first-order chi connectivity index (χ1) is 37.0. The van der Waals surface area contributed by atoms with E-state index in [0.717, 1.165) is 61.2 Å². The van der Waals surface area contributed by atoms with Gasteiger partial charge in [0.1, 0.15) is 11.5 Å². The standard InChI is InChI=1S/C73H47NO/c1-71(2)59-26-12-7-21-51(59)56-36-33-47(42-67(56)71)74(46-35-40-64-58(41-46)55-25-11-16-30-63(55)72(64)60-27-13-8-22-52(60)53-23-9-14-28-61(53)72)48-34-37-57-54-24-10-15-29-62(54)73(68(57)43-48)65-38-31-44-17-3-5-19-49(44)69(65)75-70-50-20-6-4-18-45(50)32-39-66(70)73/h3-43H,1-2H3. The molecule has 0 atom stereocenters. The van der Waals surface area contributed by atoms with E-state index in [1.54, 1.807) is 0 Å². The lowest BCUT2D eigenvalue weighted by atomic mass is 9.65. The summed E-state index contributed by atoms with van der Waals surface area (Å²) in [4.78, 5) is 2.54. The third kappa shape index (κ3) is 5.05. The number of fused-ring (bicyclic) bond motifs is 26. The number of anilines is 3. The molecule has 12 aromatic rings. The largest absolute Gasteiger partial charge is 0.455 e. The van der Waals surface area contributed by atoms with Gasteiger partial charge in [0.05, 0.1) is 10.8 Å². The summed E-state index contributed by atoms with van der Waals surface area (Å²) in [6.07, 6.45) is 0. The Morgan fingerprint density at radius 3 is 1.15 bits per heavy atom. The van der Waals surface area contributed by atoms with Gasteiger partial charge in [0.15, 0.2) is 0 Å². The van der Waals surface area contributed by atoms with E-state index in [1.165, 1.54) is 89.0 Å². The van der Waals surface area contributed by atoms with Crippen LogP contribution in [0.5, 0.6) is 11.5 Å². The zero-order valence-corrected chi connectivity index (χ0v) is 41.5. The van der Waals surface area contributed by atoms with Gasteiger partial charge in [-0.15, -0.1) is 0 Å². The molecule has 0 radical (unpaired) electrons. The maximum Gasteiger partial charge on any atom is 0.140 e. The Morgan fingerprint density at radius 1 is 0.267 bits per heavy atom. The lowest BCUT2D eigenvalue weighted by Gasteiger charge is -2.40. The van der Waals surface area contributed by atoms with Crippen LogP contribution in [-0.4, -0.2) is 0 Å². The van der Waals surface area contributed by atoms with Crippen LogP contribution in [0.3, 0.4) is 0 Å². The molecule has 0 fully saturated rings. The topological polar surface area (TPSA) is 12.5 Å². The van der Waals surface area contributed by atoms with E-state index in [9.17, 15) is 0 Å². The van der Waals surface area contributed by atoms with Gasteiger partial charge in [0.25, 0.3) is 0 Å². The SMILES string of the molecule is CC1(C)c2ccccc2-c2ccc(N(c3ccc4c(c3)-c3ccccc3C43c4ccccc4-c4ccccc43)c3ccc4c(c3)C3(c5ccccc5-4)c4ccc5ccccc5c4Oc4c3ccc3ccccc43)cc21. The normalized spacial score (nSPS) is 15.2. The monoisotopic (exact) mass is 953 g/mol. The van der Waals surface area contributed by atoms with Crippen LogP contribution in [0, 0.1) is 0 Å². The molecule has 0 N–H and O–H groups in total. The fourth-order valence-corrected chi connectivity index (χ4v) is 15.0. The minimum absolute atomic E-state index is 0.190. The van der Waals surface area contributed by atoms with Crippen molar-refractivity contribution >= 4 is 38.6 Å². The molecule has 0 saturated heterocycles. The minimum atomic E-state index is -0.696. The quantitative estimate of drug-likeness (QED) is 0.175. The Morgan fingerprint density at radius 2 is 0.613 bits per heavy atom. The minimum Gasteiger partial charge on any atom is -0.455 e. The molecule has 2 nitrogen and oxygen atoms in total. The van der Waals surface area contributed by atoms with E-state index < -0.39 is 10.8 Å². The predicted octanol–water partition coefficient (Wildman–Crippen LogP) is 18.6. The molecule has 0 bridgehead atoms. The molecule has 0 aromatic heterocycles. The number of rotatable bonds is 3. The molecular weight excluding hydrogens is 907 g/mol. The number of hydrogen-bond acceptors (Lipinski definition) is 2. The van der Waals surface area contributed by atoms with Gasteiger partial charge >= 0.3 is 0 Å². The van der Waals surface area contributed by atoms with Crippen LogP contribution in [0.4, 0.5) is 17.1 Å². The van der Waals surface area contributed by atoms with Gasteiger partial charge < -0.3 is 9.64 Å². The molecule has 17 rings (SSSR count). The second kappa shape index (κ2) is 14.5. The third-order valence-corrected chi connectivity index (χ3v) is 18.1. The average Bonchev–Trinajstić information content (AvgIpc) is 4.24. The molecule has 0 saturated carbocycles. The Labute approximate surface area is 436 Å². The third-order valence-electron chi connectivity index (χ3n) is 18.1. The molecule has 5 aliphatic rings. The van der Waals surface area contributed by atoms with Crippen molar-refractivity contribution < 1.29 is 4.74 Å². The highest BCUT2D eigenvalue weighted by atomic mass is 16.5. The highest BCUT2D eigenvalue weighted by Crippen LogP contribution is 2.66. The highest BCUT2D eigenvalue weighted by molar-refractivity contribution is 6.02. The van der Waals surface area contributed by atoms with Crippen LogP contribution in [0.15, 0.2) is 249 Å².